The molecule has 1 unspecified atom stereocenters. The third-order valence-corrected chi connectivity index (χ3v) is 5.25. The van der Waals surface area contributed by atoms with E-state index >= 15 is 0 Å². The van der Waals surface area contributed by atoms with Crippen molar-refractivity contribution in [3.63, 3.8) is 0 Å². The second kappa shape index (κ2) is 7.71. The highest BCUT2D eigenvalue weighted by atomic mass is 32.1. The summed E-state index contributed by atoms with van der Waals surface area (Å²) < 4.78 is 5.20. The van der Waals surface area contributed by atoms with Gasteiger partial charge in [0.25, 0.3) is 0 Å². The van der Waals surface area contributed by atoms with Gasteiger partial charge in [-0.2, -0.15) is 4.98 Å². The van der Waals surface area contributed by atoms with Crippen molar-refractivity contribution in [2.45, 2.75) is 25.3 Å². The predicted octanol–water partition coefficient (Wildman–Crippen LogP) is 2.65. The summed E-state index contributed by atoms with van der Waals surface area (Å²) >= 11 is 1.53. The lowest BCUT2D eigenvalue weighted by Gasteiger charge is -2.17. The molecule has 3 heterocycles. The Labute approximate surface area is 160 Å². The Kier molecular flexibility index (Phi) is 4.97. The van der Waals surface area contributed by atoms with Gasteiger partial charge in [0, 0.05) is 25.1 Å². The van der Waals surface area contributed by atoms with Gasteiger partial charge in [-0.25, -0.2) is 0 Å². The summed E-state index contributed by atoms with van der Waals surface area (Å²) in [4.78, 5) is 31.7. The number of thiophene rings is 1. The largest absolute Gasteiger partial charge is 0.344 e. The van der Waals surface area contributed by atoms with Gasteiger partial charge < -0.3 is 14.7 Å². The molecule has 1 N–H and O–H groups in total. The summed E-state index contributed by atoms with van der Waals surface area (Å²) in [6.45, 7) is 0.599. The van der Waals surface area contributed by atoms with E-state index in [2.05, 4.69) is 15.5 Å². The van der Waals surface area contributed by atoms with Crippen LogP contribution in [0.25, 0.3) is 10.7 Å². The lowest BCUT2D eigenvalue weighted by atomic mass is 10.2. The van der Waals surface area contributed by atoms with Crippen molar-refractivity contribution >= 4 is 28.8 Å². The maximum Gasteiger partial charge on any atom is 0.249 e. The molecule has 7 nitrogen and oxygen atoms in total. The molecule has 0 bridgehead atoms. The summed E-state index contributed by atoms with van der Waals surface area (Å²) in [5, 5.41) is 8.68. The Bertz CT molecular complexity index is 924. The number of benzene rings is 1. The number of aryl methyl sites for hydroxylation is 1. The van der Waals surface area contributed by atoms with Crippen LogP contribution < -0.4 is 10.2 Å². The summed E-state index contributed by atoms with van der Waals surface area (Å²) in [5.41, 5.74) is 0.853. The summed E-state index contributed by atoms with van der Waals surface area (Å²) in [6, 6.07) is 12.8. The number of hydrogen-bond donors (Lipinski definition) is 1. The number of aromatic nitrogens is 2. The van der Waals surface area contributed by atoms with E-state index < -0.39 is 6.04 Å². The number of nitrogens with one attached hydrogen (secondary N) is 1. The molecule has 1 fully saturated rings. The summed E-state index contributed by atoms with van der Waals surface area (Å²) in [6.07, 6.45) is 1.14. The van der Waals surface area contributed by atoms with Crippen molar-refractivity contribution < 1.29 is 14.1 Å². The van der Waals surface area contributed by atoms with Crippen LogP contribution in [0.2, 0.25) is 0 Å². The molecule has 8 heteroatoms. The van der Waals surface area contributed by atoms with Crippen LogP contribution in [-0.2, 0) is 16.0 Å². The second-order valence-electron chi connectivity index (χ2n) is 6.22. The number of hydrogen-bond acceptors (Lipinski definition) is 6. The highest BCUT2D eigenvalue weighted by molar-refractivity contribution is 7.13. The number of para-hydroxylation sites is 1. The van der Waals surface area contributed by atoms with Crippen molar-refractivity contribution in [2.24, 2.45) is 0 Å². The van der Waals surface area contributed by atoms with E-state index in [4.69, 9.17) is 4.52 Å². The van der Waals surface area contributed by atoms with Gasteiger partial charge in [0.2, 0.25) is 23.5 Å². The van der Waals surface area contributed by atoms with E-state index in [1.165, 1.54) is 11.3 Å². The summed E-state index contributed by atoms with van der Waals surface area (Å²) in [5.74, 6) is 0.675. The minimum Gasteiger partial charge on any atom is -0.344 e. The molecule has 2 amide bonds. The maximum atomic E-state index is 12.5. The lowest BCUT2D eigenvalue weighted by molar-refractivity contribution is -0.126. The molecule has 1 atom stereocenters. The van der Waals surface area contributed by atoms with Crippen LogP contribution in [-0.4, -0.2) is 34.5 Å². The molecule has 1 aliphatic rings. The molecule has 1 aliphatic heterocycles. The molecule has 0 saturated carbocycles. The van der Waals surface area contributed by atoms with Crippen LogP contribution >= 0.6 is 11.3 Å². The Morgan fingerprint density at radius 3 is 2.89 bits per heavy atom. The van der Waals surface area contributed by atoms with E-state index in [0.717, 1.165) is 10.6 Å². The van der Waals surface area contributed by atoms with Crippen LogP contribution in [0.1, 0.15) is 18.7 Å². The molecule has 3 aromatic rings. The zero-order valence-electron chi connectivity index (χ0n) is 14.5. The zero-order valence-corrected chi connectivity index (χ0v) is 15.3. The first-order valence-electron chi connectivity index (χ1n) is 8.73. The average molecular weight is 382 g/mol. The molecule has 27 heavy (non-hydrogen) atoms. The van der Waals surface area contributed by atoms with Gasteiger partial charge in [0.1, 0.15) is 6.04 Å². The predicted molar refractivity (Wildman–Crippen MR) is 101 cm³/mol. The Hall–Kier alpha value is -3.00. The number of carbonyl (C=O) groups excluding carboxylic acids is 2. The van der Waals surface area contributed by atoms with Gasteiger partial charge in [-0.1, -0.05) is 29.4 Å². The molecule has 1 aromatic carbocycles. The van der Waals surface area contributed by atoms with Gasteiger partial charge in [0.15, 0.2) is 0 Å². The number of nitrogens with zero attached hydrogens (tertiary/aromatic N) is 3. The standard InChI is InChI=1S/C19H18N4O3S/c24-16(8-9-17-21-18(22-26-17)15-7-4-12-27-15)20-14-10-11-23(19(14)25)13-5-2-1-3-6-13/h1-7,12,14H,8-11H2,(H,20,24). The Morgan fingerprint density at radius 2 is 2.11 bits per heavy atom. The molecular formula is C19H18N4O3S. The minimum atomic E-state index is -0.484. The third-order valence-electron chi connectivity index (χ3n) is 4.38. The number of carbonyl (C=O) groups is 2. The Balaban J connectivity index is 1.29. The maximum absolute atomic E-state index is 12.5. The molecule has 2 aromatic heterocycles. The monoisotopic (exact) mass is 382 g/mol. The minimum absolute atomic E-state index is 0.0766. The van der Waals surface area contributed by atoms with Crippen LogP contribution in [0.15, 0.2) is 52.4 Å². The van der Waals surface area contributed by atoms with Gasteiger partial charge in [-0.15, -0.1) is 11.3 Å². The third kappa shape index (κ3) is 3.90. The smallest absolute Gasteiger partial charge is 0.249 e. The van der Waals surface area contributed by atoms with Gasteiger partial charge in [0.05, 0.1) is 4.88 Å². The summed E-state index contributed by atoms with van der Waals surface area (Å²) in [7, 11) is 0. The molecule has 1 saturated heterocycles. The fourth-order valence-electron chi connectivity index (χ4n) is 3.03. The van der Waals surface area contributed by atoms with E-state index in [9.17, 15) is 9.59 Å². The molecule has 138 valence electrons. The van der Waals surface area contributed by atoms with Gasteiger partial charge in [-0.3, -0.25) is 9.59 Å². The fraction of sp³-hybridized carbons (Fsp3) is 0.263. The van der Waals surface area contributed by atoms with Crippen LogP contribution in [0.3, 0.4) is 0 Å². The van der Waals surface area contributed by atoms with Crippen LogP contribution in [0.4, 0.5) is 5.69 Å². The first kappa shape index (κ1) is 17.4. The highest BCUT2D eigenvalue weighted by Crippen LogP contribution is 2.22. The Morgan fingerprint density at radius 1 is 1.26 bits per heavy atom. The van der Waals surface area contributed by atoms with Crippen molar-refractivity contribution in [3.8, 4) is 10.7 Å². The topological polar surface area (TPSA) is 88.3 Å². The molecule has 0 radical (unpaired) electrons. The average Bonchev–Trinajstić information content (AvgIpc) is 3.43. The zero-order chi connectivity index (χ0) is 18.6. The van der Waals surface area contributed by atoms with Crippen molar-refractivity contribution in [3.05, 3.63) is 53.7 Å². The first-order chi connectivity index (χ1) is 13.2. The van der Waals surface area contributed by atoms with Crippen molar-refractivity contribution in [1.29, 1.82) is 0 Å². The SMILES string of the molecule is O=C(CCc1nc(-c2cccs2)no1)NC1CCN(c2ccccc2)C1=O. The van der Waals surface area contributed by atoms with E-state index in [0.29, 0.717) is 31.1 Å². The first-order valence-corrected chi connectivity index (χ1v) is 9.61. The van der Waals surface area contributed by atoms with Crippen molar-refractivity contribution in [1.82, 2.24) is 15.5 Å². The quantitative estimate of drug-likeness (QED) is 0.708. The second-order valence-corrected chi connectivity index (χ2v) is 7.17. The van der Waals surface area contributed by atoms with Crippen molar-refractivity contribution in [2.75, 3.05) is 11.4 Å². The molecule has 0 spiro atoms. The highest BCUT2D eigenvalue weighted by Gasteiger charge is 2.33. The van der Waals surface area contributed by atoms with Crippen LogP contribution in [0, 0.1) is 0 Å². The van der Waals surface area contributed by atoms with E-state index in [1.54, 1.807) is 4.90 Å². The lowest BCUT2D eigenvalue weighted by Crippen LogP contribution is -2.41. The number of anilines is 1. The van der Waals surface area contributed by atoms with Gasteiger partial charge in [-0.05, 0) is 30.0 Å². The number of rotatable bonds is 6. The number of amides is 2. The van der Waals surface area contributed by atoms with Gasteiger partial charge >= 0.3 is 0 Å². The fourth-order valence-corrected chi connectivity index (χ4v) is 3.68. The van der Waals surface area contributed by atoms with E-state index in [1.807, 2.05) is 47.8 Å². The van der Waals surface area contributed by atoms with Crippen LogP contribution in [0.5, 0.6) is 0 Å². The molecule has 0 aliphatic carbocycles. The molecular weight excluding hydrogens is 364 g/mol. The van der Waals surface area contributed by atoms with E-state index in [-0.39, 0.29) is 18.2 Å². The molecule has 4 rings (SSSR count). The normalized spacial score (nSPS) is 16.7.